The lowest BCUT2D eigenvalue weighted by Crippen LogP contribution is -2.25. The minimum Gasteiger partial charge on any atom is -0.352 e. The maximum Gasteiger partial charge on any atom is 0.252 e. The first-order valence-corrected chi connectivity index (χ1v) is 7.77. The minimum absolute atomic E-state index is 0.170. The molecular weight excluding hydrogens is 281 g/mol. The number of amides is 1. The van der Waals surface area contributed by atoms with Crippen molar-refractivity contribution in [1.82, 2.24) is 10.3 Å². The summed E-state index contributed by atoms with van der Waals surface area (Å²) >= 11 is 0. The van der Waals surface area contributed by atoms with Crippen LogP contribution in [0.25, 0.3) is 10.9 Å². The first kappa shape index (κ1) is 14.9. The van der Waals surface area contributed by atoms with Crippen molar-refractivity contribution in [2.24, 2.45) is 5.73 Å². The predicted octanol–water partition coefficient (Wildman–Crippen LogP) is 2.72. The van der Waals surface area contributed by atoms with Gasteiger partial charge in [0.2, 0.25) is 0 Å². The molecule has 1 aliphatic rings. The zero-order chi connectivity index (χ0) is 15.5. The molecule has 4 nitrogen and oxygen atoms in total. The van der Waals surface area contributed by atoms with Crippen molar-refractivity contribution in [2.75, 3.05) is 13.1 Å². The van der Waals surface area contributed by atoms with Gasteiger partial charge in [0.25, 0.3) is 5.91 Å². The number of rotatable bonds is 6. The fraction of sp³-hybridized carbons (Fsp3) is 0.412. The fourth-order valence-electron chi connectivity index (χ4n) is 2.56. The number of unbranched alkanes of at least 4 members (excludes halogenated alkanes) is 1. The van der Waals surface area contributed by atoms with Gasteiger partial charge in [0, 0.05) is 23.5 Å². The van der Waals surface area contributed by atoms with Crippen LogP contribution in [0.15, 0.2) is 24.3 Å². The summed E-state index contributed by atoms with van der Waals surface area (Å²) in [5, 5.41) is 3.46. The van der Waals surface area contributed by atoms with Crippen LogP contribution in [0.2, 0.25) is 0 Å². The minimum atomic E-state index is -0.356. The van der Waals surface area contributed by atoms with Crippen LogP contribution in [-0.4, -0.2) is 24.0 Å². The molecule has 0 spiro atoms. The van der Waals surface area contributed by atoms with E-state index < -0.39 is 0 Å². The molecule has 1 saturated carbocycles. The third kappa shape index (κ3) is 3.25. The summed E-state index contributed by atoms with van der Waals surface area (Å²) in [4.78, 5) is 17.0. The van der Waals surface area contributed by atoms with Crippen molar-refractivity contribution >= 4 is 16.8 Å². The second kappa shape index (κ2) is 6.40. The number of nitrogens with one attached hydrogen (secondary N) is 1. The van der Waals surface area contributed by atoms with Crippen LogP contribution < -0.4 is 11.1 Å². The summed E-state index contributed by atoms with van der Waals surface area (Å²) in [6.07, 6.45) is 3.93. The van der Waals surface area contributed by atoms with Gasteiger partial charge >= 0.3 is 0 Å². The summed E-state index contributed by atoms with van der Waals surface area (Å²) in [6.45, 7) is 1.19. The average molecular weight is 301 g/mol. The highest BCUT2D eigenvalue weighted by molar-refractivity contribution is 6.06. The van der Waals surface area contributed by atoms with Gasteiger partial charge < -0.3 is 11.1 Å². The maximum atomic E-state index is 13.5. The number of nitrogens with zero attached hydrogens (tertiary/aromatic N) is 1. The van der Waals surface area contributed by atoms with Crippen LogP contribution in [0, 0.1) is 5.82 Å². The predicted molar refractivity (Wildman–Crippen MR) is 84.3 cm³/mol. The van der Waals surface area contributed by atoms with Gasteiger partial charge in [-0.1, -0.05) is 0 Å². The van der Waals surface area contributed by atoms with Crippen LogP contribution in [0.1, 0.15) is 47.7 Å². The van der Waals surface area contributed by atoms with Crippen molar-refractivity contribution in [1.29, 1.82) is 0 Å². The lowest BCUT2D eigenvalue weighted by molar-refractivity contribution is 0.0954. The molecule has 1 fully saturated rings. The molecule has 3 N–H and O–H groups in total. The Morgan fingerprint density at radius 1 is 1.32 bits per heavy atom. The van der Waals surface area contributed by atoms with E-state index in [0.717, 1.165) is 31.4 Å². The highest BCUT2D eigenvalue weighted by Crippen LogP contribution is 2.40. The van der Waals surface area contributed by atoms with E-state index in [-0.39, 0.29) is 11.7 Å². The third-order valence-corrected chi connectivity index (χ3v) is 3.95. The van der Waals surface area contributed by atoms with Gasteiger partial charge in [0.1, 0.15) is 5.82 Å². The molecule has 0 aliphatic heterocycles. The van der Waals surface area contributed by atoms with Crippen molar-refractivity contribution < 1.29 is 9.18 Å². The van der Waals surface area contributed by atoms with E-state index in [1.54, 1.807) is 6.07 Å². The van der Waals surface area contributed by atoms with Crippen LogP contribution in [-0.2, 0) is 0 Å². The Morgan fingerprint density at radius 3 is 2.86 bits per heavy atom. The summed E-state index contributed by atoms with van der Waals surface area (Å²) < 4.78 is 13.5. The largest absolute Gasteiger partial charge is 0.352 e. The van der Waals surface area contributed by atoms with E-state index in [4.69, 9.17) is 5.73 Å². The Labute approximate surface area is 128 Å². The highest BCUT2D eigenvalue weighted by Gasteiger charge is 2.27. The first-order valence-electron chi connectivity index (χ1n) is 7.77. The summed E-state index contributed by atoms with van der Waals surface area (Å²) in [5.74, 6) is -0.0826. The molecule has 1 aromatic carbocycles. The lowest BCUT2D eigenvalue weighted by Gasteiger charge is -2.10. The Bertz CT molecular complexity index is 698. The molecule has 0 saturated heterocycles. The van der Waals surface area contributed by atoms with Gasteiger partial charge in [-0.25, -0.2) is 4.39 Å². The van der Waals surface area contributed by atoms with Crippen molar-refractivity contribution in [2.45, 2.75) is 31.6 Å². The molecule has 3 rings (SSSR count). The van der Waals surface area contributed by atoms with Crippen LogP contribution in [0.4, 0.5) is 4.39 Å². The molecule has 116 valence electrons. The highest BCUT2D eigenvalue weighted by atomic mass is 19.1. The van der Waals surface area contributed by atoms with Crippen LogP contribution in [0.5, 0.6) is 0 Å². The zero-order valence-corrected chi connectivity index (χ0v) is 12.4. The number of carbonyl (C=O) groups excluding carboxylic acids is 1. The number of nitrogens with two attached hydrogens (primary N) is 1. The summed E-state index contributed by atoms with van der Waals surface area (Å²) in [6, 6.07) is 6.22. The van der Waals surface area contributed by atoms with Crippen LogP contribution >= 0.6 is 0 Å². The molecular formula is C17H20FN3O. The Morgan fingerprint density at radius 2 is 2.14 bits per heavy atom. The molecule has 1 amide bonds. The van der Waals surface area contributed by atoms with E-state index in [1.807, 2.05) is 6.07 Å². The quantitative estimate of drug-likeness (QED) is 0.806. The molecule has 0 atom stereocenters. The molecule has 1 aromatic heterocycles. The average Bonchev–Trinajstić information content (AvgIpc) is 3.35. The normalized spacial score (nSPS) is 14.3. The van der Waals surface area contributed by atoms with E-state index in [9.17, 15) is 9.18 Å². The number of carbonyl (C=O) groups is 1. The molecule has 22 heavy (non-hydrogen) atoms. The zero-order valence-electron chi connectivity index (χ0n) is 12.4. The Hall–Kier alpha value is -2.01. The van der Waals surface area contributed by atoms with Crippen molar-refractivity contribution in [3.63, 3.8) is 0 Å². The smallest absolute Gasteiger partial charge is 0.252 e. The van der Waals surface area contributed by atoms with E-state index >= 15 is 0 Å². The second-order valence-corrected chi connectivity index (χ2v) is 5.78. The second-order valence-electron chi connectivity index (χ2n) is 5.78. The maximum absolute atomic E-state index is 13.5. The number of pyridine rings is 1. The van der Waals surface area contributed by atoms with E-state index in [1.165, 1.54) is 12.1 Å². The number of hydrogen-bond donors (Lipinski definition) is 2. The van der Waals surface area contributed by atoms with Gasteiger partial charge in [-0.05, 0) is 56.5 Å². The molecule has 0 bridgehead atoms. The molecule has 1 heterocycles. The molecule has 2 aromatic rings. The Balaban J connectivity index is 1.91. The summed E-state index contributed by atoms with van der Waals surface area (Å²) in [5.41, 5.74) is 7.57. The van der Waals surface area contributed by atoms with Gasteiger partial charge in [0.05, 0.1) is 11.1 Å². The molecule has 0 unspecified atom stereocenters. The van der Waals surface area contributed by atoms with Gasteiger partial charge in [-0.15, -0.1) is 0 Å². The number of hydrogen-bond acceptors (Lipinski definition) is 3. The van der Waals surface area contributed by atoms with Crippen molar-refractivity contribution in [3.8, 4) is 0 Å². The van der Waals surface area contributed by atoms with E-state index in [2.05, 4.69) is 10.3 Å². The molecule has 0 radical (unpaired) electrons. The van der Waals surface area contributed by atoms with E-state index in [0.29, 0.717) is 35.5 Å². The molecule has 5 heteroatoms. The number of fused-ring (bicyclic) bond motifs is 1. The standard InChI is InChI=1S/C17H20FN3O/c18-12-5-6-15-13(9-12)14(10-16(21-15)11-3-4-11)17(22)20-8-2-1-7-19/h5-6,9-11H,1-4,7-8,19H2,(H,20,22). The topological polar surface area (TPSA) is 68.0 Å². The van der Waals surface area contributed by atoms with Crippen molar-refractivity contribution in [3.05, 3.63) is 41.3 Å². The number of aromatic nitrogens is 1. The van der Waals surface area contributed by atoms with Gasteiger partial charge in [-0.2, -0.15) is 0 Å². The van der Waals surface area contributed by atoms with Gasteiger partial charge in [0.15, 0.2) is 0 Å². The third-order valence-electron chi connectivity index (χ3n) is 3.95. The van der Waals surface area contributed by atoms with Gasteiger partial charge in [-0.3, -0.25) is 9.78 Å². The summed E-state index contributed by atoms with van der Waals surface area (Å²) in [7, 11) is 0. The number of halogens is 1. The Kier molecular flexibility index (Phi) is 4.34. The molecule has 1 aliphatic carbocycles. The number of benzene rings is 1. The fourth-order valence-corrected chi connectivity index (χ4v) is 2.56. The van der Waals surface area contributed by atoms with Crippen LogP contribution in [0.3, 0.4) is 0 Å². The SMILES string of the molecule is NCCCCNC(=O)c1cc(C2CC2)nc2ccc(F)cc12. The monoisotopic (exact) mass is 301 g/mol. The first-order chi connectivity index (χ1) is 10.7. The lowest BCUT2D eigenvalue weighted by atomic mass is 10.0.